The third kappa shape index (κ3) is 4.03. The van der Waals surface area contributed by atoms with Gasteiger partial charge in [-0.15, -0.1) is 11.3 Å². The Hall–Kier alpha value is -1.70. The minimum atomic E-state index is -3.49. The van der Waals surface area contributed by atoms with Gasteiger partial charge in [0.05, 0.1) is 10.9 Å². The molecule has 0 bridgehead atoms. The number of hydrogen-bond donors (Lipinski definition) is 1. The smallest absolute Gasteiger partial charge is 0.251 e. The van der Waals surface area contributed by atoms with E-state index in [1.165, 1.54) is 38.4 Å². The third-order valence-electron chi connectivity index (χ3n) is 3.70. The summed E-state index contributed by atoms with van der Waals surface area (Å²) in [5, 5.41) is 5.01. The molecule has 130 valence electrons. The molecular weight excluding hydrogens is 344 g/mol. The molecule has 2 aromatic rings. The molecule has 1 N–H and O–H groups in total. The standard InChI is InChI=1S/C17H22N2O3S2/c1-12(2)16(15-6-5-11-23-15)18-17(20)13-7-9-14(10-8-13)24(21,22)19(3)4/h5-12,16H,1-4H3,(H,18,20). The van der Waals surface area contributed by atoms with Crippen LogP contribution in [0.15, 0.2) is 46.7 Å². The highest BCUT2D eigenvalue weighted by Crippen LogP contribution is 2.26. The normalized spacial score (nSPS) is 13.2. The lowest BCUT2D eigenvalue weighted by molar-refractivity contribution is 0.0926. The molecule has 1 atom stereocenters. The van der Waals surface area contributed by atoms with Crippen molar-refractivity contribution in [2.24, 2.45) is 5.92 Å². The van der Waals surface area contributed by atoms with Crippen molar-refractivity contribution in [1.29, 1.82) is 0 Å². The molecule has 0 saturated carbocycles. The maximum absolute atomic E-state index is 12.5. The summed E-state index contributed by atoms with van der Waals surface area (Å²) < 4.78 is 25.3. The van der Waals surface area contributed by atoms with Gasteiger partial charge < -0.3 is 5.32 Å². The lowest BCUT2D eigenvalue weighted by atomic mass is 10.0. The second kappa shape index (κ2) is 7.46. The Labute approximate surface area is 147 Å². The number of thiophene rings is 1. The van der Waals surface area contributed by atoms with Crippen LogP contribution in [0, 0.1) is 5.92 Å². The van der Waals surface area contributed by atoms with Gasteiger partial charge in [-0.05, 0) is 41.6 Å². The Morgan fingerprint density at radius 1 is 1.12 bits per heavy atom. The molecule has 0 aliphatic rings. The molecular formula is C17H22N2O3S2. The molecule has 0 fully saturated rings. The van der Waals surface area contributed by atoms with Gasteiger partial charge in [0.25, 0.3) is 5.91 Å². The van der Waals surface area contributed by atoms with Gasteiger partial charge in [-0.2, -0.15) is 0 Å². The van der Waals surface area contributed by atoms with Crippen molar-refractivity contribution in [3.63, 3.8) is 0 Å². The molecule has 1 aromatic heterocycles. The fourth-order valence-electron chi connectivity index (χ4n) is 2.25. The molecule has 7 heteroatoms. The van der Waals surface area contributed by atoms with E-state index in [9.17, 15) is 13.2 Å². The van der Waals surface area contributed by atoms with Gasteiger partial charge >= 0.3 is 0 Å². The van der Waals surface area contributed by atoms with E-state index in [1.807, 2.05) is 17.5 Å². The van der Waals surface area contributed by atoms with Gasteiger partial charge in [-0.1, -0.05) is 19.9 Å². The van der Waals surface area contributed by atoms with Crippen molar-refractivity contribution in [1.82, 2.24) is 9.62 Å². The first-order chi connectivity index (χ1) is 11.2. The van der Waals surface area contributed by atoms with E-state index in [0.29, 0.717) is 5.56 Å². The van der Waals surface area contributed by atoms with Crippen molar-refractivity contribution in [2.45, 2.75) is 24.8 Å². The number of rotatable bonds is 6. The lowest BCUT2D eigenvalue weighted by Crippen LogP contribution is -2.31. The molecule has 0 saturated heterocycles. The largest absolute Gasteiger partial charge is 0.344 e. The van der Waals surface area contributed by atoms with Crippen LogP contribution in [0.3, 0.4) is 0 Å². The van der Waals surface area contributed by atoms with E-state index in [4.69, 9.17) is 0 Å². The number of nitrogens with zero attached hydrogens (tertiary/aromatic N) is 1. The molecule has 1 unspecified atom stereocenters. The highest BCUT2D eigenvalue weighted by molar-refractivity contribution is 7.89. The van der Waals surface area contributed by atoms with Crippen LogP contribution in [0.5, 0.6) is 0 Å². The van der Waals surface area contributed by atoms with E-state index in [-0.39, 0.29) is 22.8 Å². The average molecular weight is 367 g/mol. The topological polar surface area (TPSA) is 66.5 Å². The molecule has 1 heterocycles. The van der Waals surface area contributed by atoms with Gasteiger partial charge in [0, 0.05) is 24.5 Å². The minimum absolute atomic E-state index is 0.0670. The molecule has 24 heavy (non-hydrogen) atoms. The van der Waals surface area contributed by atoms with Crippen LogP contribution < -0.4 is 5.32 Å². The summed E-state index contributed by atoms with van der Waals surface area (Å²) in [4.78, 5) is 13.8. The number of carbonyl (C=O) groups is 1. The first-order valence-electron chi connectivity index (χ1n) is 7.60. The van der Waals surface area contributed by atoms with Crippen molar-refractivity contribution >= 4 is 27.3 Å². The van der Waals surface area contributed by atoms with Gasteiger partial charge in [0.1, 0.15) is 0 Å². The van der Waals surface area contributed by atoms with Crippen molar-refractivity contribution in [3.8, 4) is 0 Å². The average Bonchev–Trinajstić information content (AvgIpc) is 3.06. The fourth-order valence-corrected chi connectivity index (χ4v) is 4.10. The van der Waals surface area contributed by atoms with Crippen LogP contribution in [-0.2, 0) is 10.0 Å². The van der Waals surface area contributed by atoms with Crippen LogP contribution in [0.25, 0.3) is 0 Å². The first kappa shape index (κ1) is 18.6. The first-order valence-corrected chi connectivity index (χ1v) is 9.92. The Balaban J connectivity index is 2.18. The summed E-state index contributed by atoms with van der Waals surface area (Å²) in [6, 6.07) is 9.89. The second-order valence-corrected chi connectivity index (χ2v) is 9.15. The quantitative estimate of drug-likeness (QED) is 0.854. The SMILES string of the molecule is CC(C)C(NC(=O)c1ccc(S(=O)(=O)N(C)C)cc1)c1cccs1. The molecule has 0 spiro atoms. The zero-order valence-corrected chi connectivity index (χ0v) is 15.8. The van der Waals surface area contributed by atoms with Crippen molar-refractivity contribution in [2.75, 3.05) is 14.1 Å². The van der Waals surface area contributed by atoms with Crippen LogP contribution >= 0.6 is 11.3 Å². The molecule has 1 aromatic carbocycles. The summed E-state index contributed by atoms with van der Waals surface area (Å²) in [6.45, 7) is 4.11. The van der Waals surface area contributed by atoms with Gasteiger partial charge in [-0.3, -0.25) is 4.79 Å². The van der Waals surface area contributed by atoms with Crippen LogP contribution in [-0.4, -0.2) is 32.7 Å². The summed E-state index contributed by atoms with van der Waals surface area (Å²) in [6.07, 6.45) is 0. The fraction of sp³-hybridized carbons (Fsp3) is 0.353. The molecule has 5 nitrogen and oxygen atoms in total. The van der Waals surface area contributed by atoms with Crippen molar-refractivity contribution < 1.29 is 13.2 Å². The third-order valence-corrected chi connectivity index (χ3v) is 6.48. The van der Waals surface area contributed by atoms with E-state index in [2.05, 4.69) is 19.2 Å². The van der Waals surface area contributed by atoms with E-state index < -0.39 is 10.0 Å². The number of hydrogen-bond acceptors (Lipinski definition) is 4. The number of carbonyl (C=O) groups excluding carboxylic acids is 1. The molecule has 2 rings (SSSR count). The zero-order valence-electron chi connectivity index (χ0n) is 14.2. The second-order valence-electron chi connectivity index (χ2n) is 6.02. The summed E-state index contributed by atoms with van der Waals surface area (Å²) >= 11 is 1.61. The maximum Gasteiger partial charge on any atom is 0.251 e. The molecule has 0 aliphatic carbocycles. The number of amides is 1. The Morgan fingerprint density at radius 2 is 1.75 bits per heavy atom. The van der Waals surface area contributed by atoms with E-state index in [0.717, 1.165) is 9.18 Å². The highest BCUT2D eigenvalue weighted by Gasteiger charge is 2.21. The Morgan fingerprint density at radius 3 is 2.21 bits per heavy atom. The maximum atomic E-state index is 12.5. The zero-order chi connectivity index (χ0) is 17.9. The summed E-state index contributed by atoms with van der Waals surface area (Å²) in [7, 11) is -0.535. The van der Waals surface area contributed by atoms with Crippen LogP contribution in [0.2, 0.25) is 0 Å². The molecule has 1 amide bonds. The summed E-state index contributed by atoms with van der Waals surface area (Å²) in [5.74, 6) is 0.0388. The van der Waals surface area contributed by atoms with Gasteiger partial charge in [0.2, 0.25) is 10.0 Å². The number of nitrogens with one attached hydrogen (secondary N) is 1. The monoisotopic (exact) mass is 366 g/mol. The predicted molar refractivity (Wildman–Crippen MR) is 96.7 cm³/mol. The van der Waals surface area contributed by atoms with Gasteiger partial charge in [-0.25, -0.2) is 12.7 Å². The van der Waals surface area contributed by atoms with E-state index >= 15 is 0 Å². The van der Waals surface area contributed by atoms with Crippen molar-refractivity contribution in [3.05, 3.63) is 52.2 Å². The Bertz CT molecular complexity index is 780. The summed E-state index contributed by atoms with van der Waals surface area (Å²) in [5.41, 5.74) is 0.440. The molecule has 0 radical (unpaired) electrons. The lowest BCUT2D eigenvalue weighted by Gasteiger charge is -2.21. The number of benzene rings is 1. The Kier molecular flexibility index (Phi) is 5.79. The molecule has 0 aliphatic heterocycles. The number of sulfonamides is 1. The predicted octanol–water partition coefficient (Wildman–Crippen LogP) is 3.13. The van der Waals surface area contributed by atoms with E-state index in [1.54, 1.807) is 11.3 Å². The van der Waals surface area contributed by atoms with Gasteiger partial charge in [0.15, 0.2) is 0 Å². The van der Waals surface area contributed by atoms with Crippen LogP contribution in [0.4, 0.5) is 0 Å². The minimum Gasteiger partial charge on any atom is -0.344 e. The highest BCUT2D eigenvalue weighted by atomic mass is 32.2. The van der Waals surface area contributed by atoms with Crippen LogP contribution in [0.1, 0.15) is 35.1 Å².